The van der Waals surface area contributed by atoms with E-state index in [9.17, 15) is 13.2 Å². The molecule has 0 saturated carbocycles. The van der Waals surface area contributed by atoms with E-state index in [0.717, 1.165) is 0 Å². The van der Waals surface area contributed by atoms with E-state index >= 15 is 0 Å². The third-order valence-corrected chi connectivity index (χ3v) is 2.52. The van der Waals surface area contributed by atoms with Crippen molar-refractivity contribution < 1.29 is 23.0 Å². The minimum absolute atomic E-state index is 0.213. The number of aliphatic hydroxyl groups is 1. The van der Waals surface area contributed by atoms with Crippen LogP contribution < -0.4 is 10.5 Å². The standard InChI is InChI=1S/C11H12F3NO2S/c12-11(13,14)9(10(15)18)6-17-8-3-1-2-7(4-8)5-16/h1-4,9,16H,5-6H2,(H2,15,18). The van der Waals surface area contributed by atoms with Gasteiger partial charge in [0.2, 0.25) is 0 Å². The van der Waals surface area contributed by atoms with Crippen LogP contribution in [-0.2, 0) is 6.61 Å². The van der Waals surface area contributed by atoms with Gasteiger partial charge in [-0.15, -0.1) is 0 Å². The maximum Gasteiger partial charge on any atom is 0.401 e. The van der Waals surface area contributed by atoms with Crippen LogP contribution in [0.1, 0.15) is 5.56 Å². The lowest BCUT2D eigenvalue weighted by Gasteiger charge is -2.19. The quantitative estimate of drug-likeness (QED) is 0.810. The molecule has 7 heteroatoms. The Morgan fingerprint density at radius 2 is 2.11 bits per heavy atom. The molecule has 0 saturated heterocycles. The number of ether oxygens (including phenoxy) is 1. The van der Waals surface area contributed by atoms with E-state index in [-0.39, 0.29) is 12.4 Å². The Balaban J connectivity index is 2.70. The second-order valence-electron chi connectivity index (χ2n) is 3.61. The summed E-state index contributed by atoms with van der Waals surface area (Å²) in [5, 5.41) is 8.88. The highest BCUT2D eigenvalue weighted by Gasteiger charge is 2.42. The monoisotopic (exact) mass is 279 g/mol. The van der Waals surface area contributed by atoms with Crippen molar-refractivity contribution in [3.63, 3.8) is 0 Å². The van der Waals surface area contributed by atoms with E-state index in [1.807, 2.05) is 0 Å². The van der Waals surface area contributed by atoms with Crippen molar-refractivity contribution in [3.8, 4) is 5.75 Å². The molecule has 1 unspecified atom stereocenters. The lowest BCUT2D eigenvalue weighted by Crippen LogP contribution is -2.38. The van der Waals surface area contributed by atoms with E-state index in [4.69, 9.17) is 15.6 Å². The van der Waals surface area contributed by atoms with Gasteiger partial charge in [-0.1, -0.05) is 24.4 Å². The van der Waals surface area contributed by atoms with E-state index in [0.29, 0.717) is 5.56 Å². The summed E-state index contributed by atoms with van der Waals surface area (Å²) in [6.07, 6.45) is -4.53. The van der Waals surface area contributed by atoms with Crippen LogP contribution in [0, 0.1) is 5.92 Å². The first-order chi connectivity index (χ1) is 8.34. The van der Waals surface area contributed by atoms with Crippen molar-refractivity contribution >= 4 is 17.2 Å². The van der Waals surface area contributed by atoms with Crippen LogP contribution in [0.4, 0.5) is 13.2 Å². The van der Waals surface area contributed by atoms with Gasteiger partial charge in [0, 0.05) is 0 Å². The molecule has 0 aliphatic heterocycles. The molecule has 0 aromatic heterocycles. The molecule has 0 amide bonds. The fraction of sp³-hybridized carbons (Fsp3) is 0.364. The van der Waals surface area contributed by atoms with Crippen LogP contribution in [0.5, 0.6) is 5.75 Å². The number of benzene rings is 1. The molecule has 0 aliphatic carbocycles. The van der Waals surface area contributed by atoms with Gasteiger partial charge in [0.1, 0.15) is 18.3 Å². The predicted octanol–water partition coefficient (Wildman–Crippen LogP) is 2.02. The van der Waals surface area contributed by atoms with Crippen molar-refractivity contribution in [1.82, 2.24) is 0 Å². The van der Waals surface area contributed by atoms with Crippen LogP contribution in [0.15, 0.2) is 24.3 Å². The third-order valence-electron chi connectivity index (χ3n) is 2.24. The summed E-state index contributed by atoms with van der Waals surface area (Å²) < 4.78 is 42.6. The lowest BCUT2D eigenvalue weighted by molar-refractivity contribution is -0.161. The normalized spacial score (nSPS) is 13.1. The summed E-state index contributed by atoms with van der Waals surface area (Å²) in [5.41, 5.74) is 5.58. The molecule has 1 atom stereocenters. The molecule has 0 radical (unpaired) electrons. The number of thiocarbonyl (C=S) groups is 1. The number of aliphatic hydroxyl groups excluding tert-OH is 1. The van der Waals surface area contributed by atoms with E-state index < -0.39 is 23.7 Å². The maximum absolute atomic E-state index is 12.5. The molecular weight excluding hydrogens is 267 g/mol. The van der Waals surface area contributed by atoms with E-state index in [1.165, 1.54) is 12.1 Å². The van der Waals surface area contributed by atoms with Gasteiger partial charge in [0.05, 0.1) is 11.6 Å². The van der Waals surface area contributed by atoms with Crippen LogP contribution in [-0.4, -0.2) is 22.9 Å². The molecule has 0 aliphatic rings. The van der Waals surface area contributed by atoms with Crippen molar-refractivity contribution in [3.05, 3.63) is 29.8 Å². The fourth-order valence-corrected chi connectivity index (χ4v) is 1.45. The minimum atomic E-state index is -4.53. The number of halogens is 3. The fourth-order valence-electron chi connectivity index (χ4n) is 1.25. The van der Waals surface area contributed by atoms with Gasteiger partial charge in [-0.2, -0.15) is 13.2 Å². The van der Waals surface area contributed by atoms with Crippen molar-refractivity contribution in [1.29, 1.82) is 0 Å². The van der Waals surface area contributed by atoms with Gasteiger partial charge < -0.3 is 15.6 Å². The van der Waals surface area contributed by atoms with Gasteiger partial charge in [0.15, 0.2) is 0 Å². The van der Waals surface area contributed by atoms with Gasteiger partial charge in [-0.3, -0.25) is 0 Å². The number of nitrogens with two attached hydrogens (primary N) is 1. The molecular formula is C11H12F3NO2S. The Labute approximate surface area is 107 Å². The average Bonchev–Trinajstić information content (AvgIpc) is 2.27. The Morgan fingerprint density at radius 1 is 1.44 bits per heavy atom. The van der Waals surface area contributed by atoms with Gasteiger partial charge in [-0.05, 0) is 17.7 Å². The third kappa shape index (κ3) is 4.15. The highest BCUT2D eigenvalue weighted by Crippen LogP contribution is 2.27. The Hall–Kier alpha value is -1.34. The van der Waals surface area contributed by atoms with Gasteiger partial charge in [0.25, 0.3) is 0 Å². The molecule has 3 nitrogen and oxygen atoms in total. The molecule has 0 spiro atoms. The van der Waals surface area contributed by atoms with Crippen LogP contribution in [0.2, 0.25) is 0 Å². The topological polar surface area (TPSA) is 55.5 Å². The zero-order valence-electron chi connectivity index (χ0n) is 9.28. The van der Waals surface area contributed by atoms with Crippen LogP contribution >= 0.6 is 12.2 Å². The highest BCUT2D eigenvalue weighted by atomic mass is 32.1. The summed E-state index contributed by atoms with van der Waals surface area (Å²) in [6, 6.07) is 6.14. The zero-order valence-corrected chi connectivity index (χ0v) is 10.1. The first-order valence-electron chi connectivity index (χ1n) is 5.03. The predicted molar refractivity (Wildman–Crippen MR) is 64.2 cm³/mol. The van der Waals surface area contributed by atoms with Crippen molar-refractivity contribution in [2.45, 2.75) is 12.8 Å². The summed E-state index contributed by atoms with van der Waals surface area (Å²) in [4.78, 5) is -0.652. The molecule has 0 fully saturated rings. The molecule has 1 rings (SSSR count). The Kier molecular flexibility index (Phi) is 4.92. The van der Waals surface area contributed by atoms with E-state index in [1.54, 1.807) is 12.1 Å². The highest BCUT2D eigenvalue weighted by molar-refractivity contribution is 7.80. The molecule has 0 heterocycles. The van der Waals surface area contributed by atoms with Crippen molar-refractivity contribution in [2.75, 3.05) is 6.61 Å². The van der Waals surface area contributed by atoms with E-state index in [2.05, 4.69) is 12.2 Å². The second-order valence-corrected chi connectivity index (χ2v) is 4.08. The van der Waals surface area contributed by atoms with Crippen molar-refractivity contribution in [2.24, 2.45) is 11.7 Å². The molecule has 3 N–H and O–H groups in total. The molecule has 0 bridgehead atoms. The largest absolute Gasteiger partial charge is 0.492 e. The second kappa shape index (κ2) is 6.01. The Morgan fingerprint density at radius 3 is 2.61 bits per heavy atom. The average molecular weight is 279 g/mol. The summed E-state index contributed by atoms with van der Waals surface area (Å²) in [5.74, 6) is -1.75. The lowest BCUT2D eigenvalue weighted by atomic mass is 10.1. The number of alkyl halides is 3. The maximum atomic E-state index is 12.5. The smallest absolute Gasteiger partial charge is 0.401 e. The summed E-state index contributed by atoms with van der Waals surface area (Å²) >= 11 is 4.37. The van der Waals surface area contributed by atoms with Crippen LogP contribution in [0.25, 0.3) is 0 Å². The number of hydrogen-bond donors (Lipinski definition) is 2. The molecule has 18 heavy (non-hydrogen) atoms. The summed E-state index contributed by atoms with van der Waals surface area (Å²) in [6.45, 7) is -0.886. The molecule has 1 aromatic rings. The Bertz CT molecular complexity index is 423. The SMILES string of the molecule is NC(=S)C(COc1cccc(CO)c1)C(F)(F)F. The van der Waals surface area contributed by atoms with Gasteiger partial charge in [-0.25, -0.2) is 0 Å². The number of hydrogen-bond acceptors (Lipinski definition) is 3. The van der Waals surface area contributed by atoms with Crippen LogP contribution in [0.3, 0.4) is 0 Å². The number of rotatable bonds is 5. The first kappa shape index (κ1) is 14.7. The molecule has 1 aromatic carbocycles. The molecule has 100 valence electrons. The summed E-state index contributed by atoms with van der Waals surface area (Å²) in [7, 11) is 0. The minimum Gasteiger partial charge on any atom is -0.492 e. The van der Waals surface area contributed by atoms with Gasteiger partial charge >= 0.3 is 6.18 Å². The zero-order chi connectivity index (χ0) is 13.8. The first-order valence-corrected chi connectivity index (χ1v) is 5.44.